The highest BCUT2D eigenvalue weighted by Crippen LogP contribution is 2.37. The molecule has 0 amide bonds. The van der Waals surface area contributed by atoms with Gasteiger partial charge in [0.1, 0.15) is 11.8 Å². The van der Waals surface area contributed by atoms with E-state index in [1.807, 2.05) is 29.0 Å². The standard InChI is InChI=1S/C16H14BrNO4S/c1-23-13-8-11-12(22-16(20)21)6-7-18(11)14(13)15(19)9-2-4-10(17)5-3-9/h2-5,8,12H,6-7H2,1H3,(H,20,21). The molecule has 3 rings (SSSR count). The first-order valence-corrected chi connectivity index (χ1v) is 9.00. The molecule has 2 aromatic rings. The zero-order chi connectivity index (χ0) is 16.6. The quantitative estimate of drug-likeness (QED) is 0.473. The molecule has 1 aromatic carbocycles. The van der Waals surface area contributed by atoms with Crippen LogP contribution in [0.4, 0.5) is 4.79 Å². The van der Waals surface area contributed by atoms with Gasteiger partial charge in [-0.2, -0.15) is 0 Å². The third-order valence-corrected chi connectivity index (χ3v) is 5.10. The average molecular weight is 396 g/mol. The summed E-state index contributed by atoms with van der Waals surface area (Å²) in [5.74, 6) is -0.0657. The lowest BCUT2D eigenvalue weighted by Crippen LogP contribution is -2.10. The van der Waals surface area contributed by atoms with Gasteiger partial charge in [-0.1, -0.05) is 15.9 Å². The summed E-state index contributed by atoms with van der Waals surface area (Å²) in [6.45, 7) is 0.575. The lowest BCUT2D eigenvalue weighted by Gasteiger charge is -2.08. The third kappa shape index (κ3) is 3.03. The van der Waals surface area contributed by atoms with Crippen LogP contribution in [-0.2, 0) is 11.3 Å². The molecule has 0 saturated heterocycles. The van der Waals surface area contributed by atoms with Crippen LogP contribution in [0.3, 0.4) is 0 Å². The van der Waals surface area contributed by atoms with E-state index in [9.17, 15) is 9.59 Å². The Bertz CT molecular complexity index is 769. The van der Waals surface area contributed by atoms with Gasteiger partial charge in [0.05, 0.1) is 5.69 Å². The molecular weight excluding hydrogens is 382 g/mol. The second-order valence-electron chi connectivity index (χ2n) is 5.13. The Labute approximate surface area is 145 Å². The van der Waals surface area contributed by atoms with Crippen molar-refractivity contribution in [3.05, 3.63) is 51.8 Å². The number of ketones is 1. The molecule has 2 heterocycles. The van der Waals surface area contributed by atoms with E-state index in [1.165, 1.54) is 11.8 Å². The van der Waals surface area contributed by atoms with Crippen LogP contribution in [0.2, 0.25) is 0 Å². The Morgan fingerprint density at radius 1 is 1.35 bits per heavy atom. The second-order valence-corrected chi connectivity index (χ2v) is 6.90. The Morgan fingerprint density at radius 3 is 2.65 bits per heavy atom. The monoisotopic (exact) mass is 395 g/mol. The number of nitrogens with zero attached hydrogens (tertiary/aromatic N) is 1. The minimum Gasteiger partial charge on any atom is -0.450 e. The van der Waals surface area contributed by atoms with Crippen molar-refractivity contribution < 1.29 is 19.4 Å². The maximum Gasteiger partial charge on any atom is 0.506 e. The zero-order valence-electron chi connectivity index (χ0n) is 12.3. The molecule has 5 nitrogen and oxygen atoms in total. The van der Waals surface area contributed by atoms with Crippen molar-refractivity contribution in [1.29, 1.82) is 0 Å². The molecule has 1 unspecified atom stereocenters. The highest BCUT2D eigenvalue weighted by atomic mass is 79.9. The number of rotatable bonds is 4. The van der Waals surface area contributed by atoms with Crippen molar-refractivity contribution in [3.63, 3.8) is 0 Å². The highest BCUT2D eigenvalue weighted by Gasteiger charge is 2.32. The predicted octanol–water partition coefficient (Wildman–Crippen LogP) is 4.34. The largest absolute Gasteiger partial charge is 0.506 e. The fraction of sp³-hybridized carbons (Fsp3) is 0.250. The number of carbonyl (C=O) groups is 2. The van der Waals surface area contributed by atoms with E-state index < -0.39 is 12.3 Å². The third-order valence-electron chi connectivity index (χ3n) is 3.82. The predicted molar refractivity (Wildman–Crippen MR) is 90.3 cm³/mol. The van der Waals surface area contributed by atoms with Gasteiger partial charge in [-0.15, -0.1) is 11.8 Å². The number of hydrogen-bond donors (Lipinski definition) is 1. The molecule has 0 fully saturated rings. The van der Waals surface area contributed by atoms with Crippen molar-refractivity contribution in [2.24, 2.45) is 0 Å². The van der Waals surface area contributed by atoms with Crippen LogP contribution < -0.4 is 0 Å². The van der Waals surface area contributed by atoms with Gasteiger partial charge in [-0.05, 0) is 36.6 Å². The molecule has 0 bridgehead atoms. The lowest BCUT2D eigenvalue weighted by molar-refractivity contribution is 0.0518. The molecule has 120 valence electrons. The van der Waals surface area contributed by atoms with Crippen LogP contribution in [0.5, 0.6) is 0 Å². The van der Waals surface area contributed by atoms with E-state index in [1.54, 1.807) is 12.1 Å². The van der Waals surface area contributed by atoms with E-state index in [0.29, 0.717) is 24.2 Å². The van der Waals surface area contributed by atoms with Crippen LogP contribution in [-0.4, -0.2) is 27.9 Å². The van der Waals surface area contributed by atoms with E-state index >= 15 is 0 Å². The number of fused-ring (bicyclic) bond motifs is 1. The normalized spacial score (nSPS) is 16.2. The van der Waals surface area contributed by atoms with Crippen LogP contribution >= 0.6 is 27.7 Å². The van der Waals surface area contributed by atoms with Crippen molar-refractivity contribution >= 4 is 39.6 Å². The summed E-state index contributed by atoms with van der Waals surface area (Å²) in [6.07, 6.45) is 0.647. The van der Waals surface area contributed by atoms with Gasteiger partial charge in [-0.25, -0.2) is 4.79 Å². The molecule has 0 saturated carbocycles. The van der Waals surface area contributed by atoms with Crippen LogP contribution in [0, 0.1) is 0 Å². The summed E-state index contributed by atoms with van der Waals surface area (Å²) in [4.78, 5) is 24.5. The first-order chi connectivity index (χ1) is 11.0. The number of thioether (sulfide) groups is 1. The summed E-state index contributed by atoms with van der Waals surface area (Å²) in [7, 11) is 0. The second kappa shape index (κ2) is 6.41. The molecule has 23 heavy (non-hydrogen) atoms. The molecule has 7 heteroatoms. The zero-order valence-corrected chi connectivity index (χ0v) is 14.7. The topological polar surface area (TPSA) is 68.5 Å². The molecular formula is C16H14BrNO4S. The van der Waals surface area contributed by atoms with E-state index in [0.717, 1.165) is 15.1 Å². The number of aromatic nitrogens is 1. The minimum absolute atomic E-state index is 0.0657. The Morgan fingerprint density at radius 2 is 2.04 bits per heavy atom. The first kappa shape index (κ1) is 16.1. The van der Waals surface area contributed by atoms with Gasteiger partial charge in [0.15, 0.2) is 0 Å². The summed E-state index contributed by atoms with van der Waals surface area (Å²) < 4.78 is 7.71. The minimum atomic E-state index is -1.30. The summed E-state index contributed by atoms with van der Waals surface area (Å²) >= 11 is 4.83. The van der Waals surface area contributed by atoms with Gasteiger partial charge in [0, 0.05) is 27.9 Å². The van der Waals surface area contributed by atoms with Crippen molar-refractivity contribution in [3.8, 4) is 0 Å². The number of hydrogen-bond acceptors (Lipinski definition) is 4. The SMILES string of the molecule is CSc1cc2n(c1C(=O)c1ccc(Br)cc1)CCC2OC(=O)O. The molecule has 1 N–H and O–H groups in total. The van der Waals surface area contributed by atoms with Crippen LogP contribution in [0.15, 0.2) is 39.7 Å². The molecule has 0 aliphatic carbocycles. The molecule has 1 aromatic heterocycles. The van der Waals surface area contributed by atoms with E-state index in [-0.39, 0.29) is 5.78 Å². The van der Waals surface area contributed by atoms with E-state index in [2.05, 4.69) is 15.9 Å². The van der Waals surface area contributed by atoms with Crippen LogP contribution in [0.1, 0.15) is 34.3 Å². The molecule has 1 atom stereocenters. The Hall–Kier alpha value is -1.73. The molecule has 1 aliphatic heterocycles. The number of carboxylic acid groups (broad SMARTS) is 1. The number of benzene rings is 1. The Kier molecular flexibility index (Phi) is 4.50. The molecule has 1 aliphatic rings. The summed E-state index contributed by atoms with van der Waals surface area (Å²) in [5, 5.41) is 8.84. The fourth-order valence-electron chi connectivity index (χ4n) is 2.81. The van der Waals surface area contributed by atoms with Crippen molar-refractivity contribution in [2.75, 3.05) is 6.26 Å². The van der Waals surface area contributed by atoms with E-state index in [4.69, 9.17) is 9.84 Å². The maximum atomic E-state index is 12.9. The van der Waals surface area contributed by atoms with Gasteiger partial charge < -0.3 is 14.4 Å². The van der Waals surface area contributed by atoms with Crippen molar-refractivity contribution in [1.82, 2.24) is 4.57 Å². The summed E-state index contributed by atoms with van der Waals surface area (Å²) in [6, 6.07) is 9.07. The molecule has 0 radical (unpaired) electrons. The smallest absolute Gasteiger partial charge is 0.450 e. The summed E-state index contributed by atoms with van der Waals surface area (Å²) in [5.41, 5.74) is 1.95. The maximum absolute atomic E-state index is 12.9. The van der Waals surface area contributed by atoms with Gasteiger partial charge in [0.2, 0.25) is 5.78 Å². The molecule has 0 spiro atoms. The van der Waals surface area contributed by atoms with Gasteiger partial charge >= 0.3 is 6.16 Å². The van der Waals surface area contributed by atoms with Gasteiger partial charge in [-0.3, -0.25) is 4.79 Å². The fourth-order valence-corrected chi connectivity index (χ4v) is 3.71. The average Bonchev–Trinajstić information content (AvgIpc) is 3.06. The number of ether oxygens (including phenoxy) is 1. The lowest BCUT2D eigenvalue weighted by atomic mass is 10.1. The van der Waals surface area contributed by atoms with Crippen molar-refractivity contribution in [2.45, 2.75) is 24.0 Å². The number of carbonyl (C=O) groups excluding carboxylic acids is 1. The van der Waals surface area contributed by atoms with Gasteiger partial charge in [0.25, 0.3) is 0 Å². The Balaban J connectivity index is 2.01. The first-order valence-electron chi connectivity index (χ1n) is 6.98. The highest BCUT2D eigenvalue weighted by molar-refractivity contribution is 9.10. The number of halogens is 1. The van der Waals surface area contributed by atoms with Crippen LogP contribution in [0.25, 0.3) is 0 Å².